The molecule has 3 N–H and O–H groups in total. The van der Waals surface area contributed by atoms with Gasteiger partial charge in [-0.3, -0.25) is 15.1 Å². The number of hydrogen-bond acceptors (Lipinski definition) is 4. The van der Waals surface area contributed by atoms with Gasteiger partial charge in [0.2, 0.25) is 0 Å². The maximum Gasteiger partial charge on any atom is 0.153 e. The van der Waals surface area contributed by atoms with Gasteiger partial charge in [0.05, 0.1) is 11.2 Å². The summed E-state index contributed by atoms with van der Waals surface area (Å²) in [4.78, 5) is 7.80. The Bertz CT molecular complexity index is 1070. The van der Waals surface area contributed by atoms with Crippen LogP contribution in [0, 0.1) is 0 Å². The second-order valence-corrected chi connectivity index (χ2v) is 5.76. The lowest BCUT2D eigenvalue weighted by atomic mass is 9.94. The van der Waals surface area contributed by atoms with Gasteiger partial charge in [0, 0.05) is 17.1 Å². The number of aliphatic imine (C=N–C) groups is 2. The van der Waals surface area contributed by atoms with Crippen molar-refractivity contribution >= 4 is 41.4 Å². The van der Waals surface area contributed by atoms with Gasteiger partial charge in [0.1, 0.15) is 0 Å². The first-order valence-corrected chi connectivity index (χ1v) is 7.91. The monoisotopic (exact) mass is 341 g/mol. The summed E-state index contributed by atoms with van der Waals surface area (Å²) in [5.74, 6) is 0.491. The average molecular weight is 341 g/mol. The van der Waals surface area contributed by atoms with Crippen LogP contribution in [0.25, 0.3) is 27.6 Å². The third-order valence-electron chi connectivity index (χ3n) is 4.19. The van der Waals surface area contributed by atoms with Crippen LogP contribution in [0.15, 0.2) is 77.4 Å². The molecule has 2 aromatic carbocycles. The SMILES string of the molecule is C=N/C=C\C(=C)C(=C)c1cc(-c2ccc3c(N)n[nH]c3c2)ccc1N=C. The number of nitrogens with two attached hydrogens (primary N) is 1. The highest BCUT2D eigenvalue weighted by atomic mass is 15.1. The van der Waals surface area contributed by atoms with E-state index >= 15 is 0 Å². The number of allylic oxidation sites excluding steroid dienone is 3. The number of hydrogen-bond donors (Lipinski definition) is 2. The summed E-state index contributed by atoms with van der Waals surface area (Å²) < 4.78 is 0. The predicted molar refractivity (Wildman–Crippen MR) is 112 cm³/mol. The van der Waals surface area contributed by atoms with E-state index in [1.807, 2.05) is 36.4 Å². The van der Waals surface area contributed by atoms with Crippen molar-refractivity contribution < 1.29 is 0 Å². The van der Waals surface area contributed by atoms with Crippen LogP contribution < -0.4 is 5.73 Å². The zero-order valence-electron chi connectivity index (χ0n) is 14.4. The molecule has 0 saturated carbocycles. The molecule has 0 saturated heterocycles. The number of nitrogens with zero attached hydrogens (tertiary/aromatic N) is 3. The van der Waals surface area contributed by atoms with Crippen molar-refractivity contribution in [2.24, 2.45) is 9.98 Å². The molecule has 0 bridgehead atoms. The first kappa shape index (κ1) is 17.1. The minimum absolute atomic E-state index is 0.491. The normalized spacial score (nSPS) is 10.9. The summed E-state index contributed by atoms with van der Waals surface area (Å²) in [6, 6.07) is 11.9. The van der Waals surface area contributed by atoms with Crippen molar-refractivity contribution in [2.45, 2.75) is 0 Å². The molecule has 0 amide bonds. The number of rotatable bonds is 6. The molecule has 5 nitrogen and oxygen atoms in total. The maximum atomic E-state index is 5.84. The Kier molecular flexibility index (Phi) is 4.62. The Balaban J connectivity index is 2.07. The van der Waals surface area contributed by atoms with Crippen LogP contribution in [0.1, 0.15) is 5.56 Å². The van der Waals surface area contributed by atoms with Gasteiger partial charge in [-0.1, -0.05) is 25.3 Å². The fourth-order valence-corrected chi connectivity index (χ4v) is 2.73. The quantitative estimate of drug-likeness (QED) is 0.492. The summed E-state index contributed by atoms with van der Waals surface area (Å²) >= 11 is 0. The van der Waals surface area contributed by atoms with E-state index in [0.29, 0.717) is 5.82 Å². The number of H-pyrrole nitrogens is 1. The van der Waals surface area contributed by atoms with Crippen LogP contribution in [0.5, 0.6) is 0 Å². The van der Waals surface area contributed by atoms with Crippen molar-refractivity contribution in [3.8, 4) is 11.1 Å². The van der Waals surface area contributed by atoms with E-state index in [4.69, 9.17) is 5.73 Å². The fraction of sp³-hybridized carbons (Fsp3) is 0. The highest BCUT2D eigenvalue weighted by Gasteiger charge is 2.11. The molecule has 0 fully saturated rings. The molecule has 1 aromatic heterocycles. The van der Waals surface area contributed by atoms with Gasteiger partial charge in [0.25, 0.3) is 0 Å². The Morgan fingerprint density at radius 3 is 2.54 bits per heavy atom. The molecule has 0 atom stereocenters. The average Bonchev–Trinajstić information content (AvgIpc) is 3.05. The molecule has 0 spiro atoms. The number of nitrogens with one attached hydrogen (secondary N) is 1. The summed E-state index contributed by atoms with van der Waals surface area (Å²) in [6.45, 7) is 15.2. The van der Waals surface area contributed by atoms with E-state index in [1.165, 1.54) is 0 Å². The highest BCUT2D eigenvalue weighted by Crippen LogP contribution is 2.34. The lowest BCUT2D eigenvalue weighted by Crippen LogP contribution is -1.88. The number of fused-ring (bicyclic) bond motifs is 1. The number of aromatic nitrogens is 2. The third-order valence-corrected chi connectivity index (χ3v) is 4.19. The summed E-state index contributed by atoms with van der Waals surface area (Å²) in [5.41, 5.74) is 11.9. The Morgan fingerprint density at radius 1 is 1.08 bits per heavy atom. The fourth-order valence-electron chi connectivity index (χ4n) is 2.73. The zero-order valence-corrected chi connectivity index (χ0v) is 14.4. The predicted octanol–water partition coefficient (Wildman–Crippen LogP) is 4.93. The van der Waals surface area contributed by atoms with Crippen molar-refractivity contribution in [2.75, 3.05) is 5.73 Å². The second kappa shape index (κ2) is 7.03. The van der Waals surface area contributed by atoms with Crippen LogP contribution in [0.2, 0.25) is 0 Å². The molecule has 0 aliphatic heterocycles. The lowest BCUT2D eigenvalue weighted by Gasteiger charge is -2.12. The van der Waals surface area contributed by atoms with Gasteiger partial charge in [0.15, 0.2) is 5.82 Å². The molecule has 1 heterocycles. The summed E-state index contributed by atoms with van der Waals surface area (Å²) in [5, 5.41) is 7.88. The Labute approximate surface area is 152 Å². The Morgan fingerprint density at radius 2 is 1.81 bits per heavy atom. The van der Waals surface area contributed by atoms with Gasteiger partial charge >= 0.3 is 0 Å². The molecule has 0 unspecified atom stereocenters. The molecule has 128 valence electrons. The Hall–Kier alpha value is -3.73. The molecular formula is C21H19N5. The maximum absolute atomic E-state index is 5.84. The van der Waals surface area contributed by atoms with Crippen LogP contribution in [0.4, 0.5) is 11.5 Å². The lowest BCUT2D eigenvalue weighted by molar-refractivity contribution is 1.13. The highest BCUT2D eigenvalue weighted by molar-refractivity contribution is 5.93. The van der Waals surface area contributed by atoms with Gasteiger partial charge in [-0.15, -0.1) is 0 Å². The van der Waals surface area contributed by atoms with E-state index in [-0.39, 0.29) is 0 Å². The van der Waals surface area contributed by atoms with E-state index in [9.17, 15) is 0 Å². The van der Waals surface area contributed by atoms with Crippen molar-refractivity contribution in [3.05, 3.63) is 73.0 Å². The standard InChI is InChI=1S/C21H19N5/c1-13(9-10-23-3)14(2)18-11-15(6-8-19(18)24-4)16-5-7-17-20(12-16)25-26-21(17)22/h5-12H,1-4H2,(H3,22,25,26)/b10-9-. The first-order valence-electron chi connectivity index (χ1n) is 7.91. The molecule has 5 heteroatoms. The van der Waals surface area contributed by atoms with Crippen LogP contribution in [-0.4, -0.2) is 23.6 Å². The minimum Gasteiger partial charge on any atom is -0.382 e. The molecule has 0 radical (unpaired) electrons. The van der Waals surface area contributed by atoms with E-state index in [1.54, 1.807) is 12.3 Å². The third kappa shape index (κ3) is 3.10. The largest absolute Gasteiger partial charge is 0.382 e. The van der Waals surface area contributed by atoms with Crippen LogP contribution in [0.3, 0.4) is 0 Å². The number of anilines is 1. The molecule has 0 aliphatic rings. The van der Waals surface area contributed by atoms with Gasteiger partial charge in [-0.05, 0) is 66.0 Å². The number of aromatic amines is 1. The van der Waals surface area contributed by atoms with Crippen LogP contribution in [-0.2, 0) is 0 Å². The van der Waals surface area contributed by atoms with Crippen molar-refractivity contribution in [3.63, 3.8) is 0 Å². The summed E-state index contributed by atoms with van der Waals surface area (Å²) in [7, 11) is 0. The van der Waals surface area contributed by atoms with Crippen molar-refractivity contribution in [1.82, 2.24) is 10.2 Å². The number of nitrogen functional groups attached to an aromatic ring is 1. The van der Waals surface area contributed by atoms with Gasteiger partial charge in [-0.2, -0.15) is 5.10 Å². The van der Waals surface area contributed by atoms with Gasteiger partial charge in [-0.25, -0.2) is 0 Å². The molecule has 3 aromatic rings. The first-order chi connectivity index (χ1) is 12.5. The smallest absolute Gasteiger partial charge is 0.153 e. The minimum atomic E-state index is 0.491. The van der Waals surface area contributed by atoms with Crippen molar-refractivity contribution in [1.29, 1.82) is 0 Å². The molecule has 0 aliphatic carbocycles. The second-order valence-electron chi connectivity index (χ2n) is 5.76. The topological polar surface area (TPSA) is 79.4 Å². The van der Waals surface area contributed by atoms with Crippen LogP contribution >= 0.6 is 0 Å². The van der Waals surface area contributed by atoms with Gasteiger partial charge < -0.3 is 5.73 Å². The van der Waals surface area contributed by atoms with E-state index in [0.717, 1.165) is 44.4 Å². The summed E-state index contributed by atoms with van der Waals surface area (Å²) in [6.07, 6.45) is 3.34. The molecular weight excluding hydrogens is 322 g/mol. The molecule has 26 heavy (non-hydrogen) atoms. The molecule has 3 rings (SSSR count). The van der Waals surface area contributed by atoms with E-state index in [2.05, 4.69) is 46.8 Å². The number of benzene rings is 2. The zero-order chi connectivity index (χ0) is 18.7. The van der Waals surface area contributed by atoms with E-state index < -0.39 is 0 Å².